The number of carbonyl (C=O) groups excluding carboxylic acids is 1. The van der Waals surface area contributed by atoms with Gasteiger partial charge in [-0.2, -0.15) is 5.10 Å². The van der Waals surface area contributed by atoms with Gasteiger partial charge < -0.3 is 15.2 Å². The number of aromatic carboxylic acids is 1. The number of amides is 1. The van der Waals surface area contributed by atoms with Crippen LogP contribution in [0.25, 0.3) is 5.65 Å². The van der Waals surface area contributed by atoms with E-state index in [2.05, 4.69) is 15.4 Å². The standard InChI is InChI=1S/C16H17N5O4/c1-10(8-20-9-11(6-18-20)16(23)24)19-15(22)13-7-17-14-5-12(25-2)3-4-21(13)14/h3-7,9-10H,8H2,1-2H3,(H,19,22)(H,23,24). The highest BCUT2D eigenvalue weighted by atomic mass is 16.5. The molecule has 0 saturated carbocycles. The van der Waals surface area contributed by atoms with Crippen LogP contribution < -0.4 is 10.1 Å². The zero-order chi connectivity index (χ0) is 18.0. The van der Waals surface area contributed by atoms with Crippen molar-refractivity contribution >= 4 is 17.5 Å². The number of rotatable bonds is 6. The molecule has 0 saturated heterocycles. The number of nitrogens with one attached hydrogen (secondary N) is 1. The van der Waals surface area contributed by atoms with E-state index in [0.717, 1.165) is 0 Å². The van der Waals surface area contributed by atoms with Crippen LogP contribution in [0.2, 0.25) is 0 Å². The van der Waals surface area contributed by atoms with Crippen LogP contribution in [0.1, 0.15) is 27.8 Å². The molecule has 9 nitrogen and oxygen atoms in total. The normalized spacial score (nSPS) is 12.1. The van der Waals surface area contributed by atoms with Crippen LogP contribution >= 0.6 is 0 Å². The molecule has 0 aliphatic rings. The number of ether oxygens (including phenoxy) is 1. The number of imidazole rings is 1. The Morgan fingerprint density at radius 3 is 2.88 bits per heavy atom. The molecule has 3 aromatic heterocycles. The van der Waals surface area contributed by atoms with Gasteiger partial charge in [0.25, 0.3) is 5.91 Å². The molecule has 0 spiro atoms. The SMILES string of the molecule is COc1ccn2c(C(=O)NC(C)Cn3cc(C(=O)O)cn3)cnc2c1. The number of fused-ring (bicyclic) bond motifs is 1. The van der Waals surface area contributed by atoms with Gasteiger partial charge in [-0.3, -0.25) is 13.9 Å². The molecule has 0 aliphatic carbocycles. The highest BCUT2D eigenvalue weighted by Crippen LogP contribution is 2.15. The maximum atomic E-state index is 12.5. The van der Waals surface area contributed by atoms with Gasteiger partial charge in [0.15, 0.2) is 0 Å². The van der Waals surface area contributed by atoms with Crippen LogP contribution in [-0.4, -0.2) is 49.3 Å². The summed E-state index contributed by atoms with van der Waals surface area (Å²) in [6.45, 7) is 2.16. The second-order valence-electron chi connectivity index (χ2n) is 5.57. The van der Waals surface area contributed by atoms with Crippen molar-refractivity contribution in [2.45, 2.75) is 19.5 Å². The Balaban J connectivity index is 1.69. The Labute approximate surface area is 142 Å². The number of carboxylic acids is 1. The predicted octanol–water partition coefficient (Wildman–Crippen LogP) is 1.06. The van der Waals surface area contributed by atoms with Crippen molar-refractivity contribution < 1.29 is 19.4 Å². The number of hydrogen-bond donors (Lipinski definition) is 2. The Bertz CT molecular complexity index is 930. The summed E-state index contributed by atoms with van der Waals surface area (Å²) in [6, 6.07) is 3.22. The minimum atomic E-state index is -1.04. The molecule has 0 aliphatic heterocycles. The fourth-order valence-electron chi connectivity index (χ4n) is 2.45. The third kappa shape index (κ3) is 3.44. The van der Waals surface area contributed by atoms with Gasteiger partial charge in [-0.15, -0.1) is 0 Å². The monoisotopic (exact) mass is 343 g/mol. The molecule has 0 fully saturated rings. The van der Waals surface area contributed by atoms with E-state index >= 15 is 0 Å². The van der Waals surface area contributed by atoms with Crippen molar-refractivity contribution in [3.05, 3.63) is 48.2 Å². The van der Waals surface area contributed by atoms with E-state index in [-0.39, 0.29) is 17.5 Å². The fraction of sp³-hybridized carbons (Fsp3) is 0.250. The minimum Gasteiger partial charge on any atom is -0.497 e. The topological polar surface area (TPSA) is 111 Å². The van der Waals surface area contributed by atoms with Gasteiger partial charge in [0.05, 0.1) is 31.6 Å². The maximum absolute atomic E-state index is 12.5. The molecule has 25 heavy (non-hydrogen) atoms. The van der Waals surface area contributed by atoms with Gasteiger partial charge >= 0.3 is 5.97 Å². The average molecular weight is 343 g/mol. The van der Waals surface area contributed by atoms with Crippen molar-refractivity contribution in [3.8, 4) is 5.75 Å². The van der Waals surface area contributed by atoms with Crippen LogP contribution in [0.3, 0.4) is 0 Å². The van der Waals surface area contributed by atoms with Gasteiger partial charge in [0, 0.05) is 24.5 Å². The molecular formula is C16H17N5O4. The van der Waals surface area contributed by atoms with Gasteiger partial charge in [0.2, 0.25) is 0 Å². The number of methoxy groups -OCH3 is 1. The number of nitrogens with zero attached hydrogens (tertiary/aromatic N) is 4. The lowest BCUT2D eigenvalue weighted by Gasteiger charge is -2.13. The molecule has 0 aromatic carbocycles. The Morgan fingerprint density at radius 2 is 2.20 bits per heavy atom. The van der Waals surface area contributed by atoms with Gasteiger partial charge in [0.1, 0.15) is 17.1 Å². The molecule has 3 heterocycles. The molecule has 9 heteroatoms. The van der Waals surface area contributed by atoms with Gasteiger partial charge in [-0.1, -0.05) is 0 Å². The first-order chi connectivity index (χ1) is 12.0. The summed E-state index contributed by atoms with van der Waals surface area (Å²) in [6.07, 6.45) is 5.90. The zero-order valence-electron chi connectivity index (χ0n) is 13.7. The summed E-state index contributed by atoms with van der Waals surface area (Å²) < 4.78 is 8.28. The summed E-state index contributed by atoms with van der Waals surface area (Å²) in [7, 11) is 1.56. The lowest BCUT2D eigenvalue weighted by molar-refractivity contribution is 0.0696. The zero-order valence-corrected chi connectivity index (χ0v) is 13.7. The number of carbonyl (C=O) groups is 2. The van der Waals surface area contributed by atoms with Crippen molar-refractivity contribution in [3.63, 3.8) is 0 Å². The first-order valence-corrected chi connectivity index (χ1v) is 7.55. The maximum Gasteiger partial charge on any atom is 0.338 e. The Hall–Kier alpha value is -3.36. The van der Waals surface area contributed by atoms with Gasteiger partial charge in [-0.05, 0) is 13.0 Å². The van der Waals surface area contributed by atoms with Crippen molar-refractivity contribution in [1.29, 1.82) is 0 Å². The average Bonchev–Trinajstić information content (AvgIpc) is 3.20. The highest BCUT2D eigenvalue weighted by molar-refractivity contribution is 5.93. The summed E-state index contributed by atoms with van der Waals surface area (Å²) in [5.74, 6) is -0.661. The summed E-state index contributed by atoms with van der Waals surface area (Å²) in [5.41, 5.74) is 1.11. The summed E-state index contributed by atoms with van der Waals surface area (Å²) >= 11 is 0. The van der Waals surface area contributed by atoms with E-state index in [1.165, 1.54) is 23.3 Å². The van der Waals surface area contributed by atoms with Crippen LogP contribution in [0, 0.1) is 0 Å². The van der Waals surface area contributed by atoms with Crippen molar-refractivity contribution in [2.24, 2.45) is 0 Å². The third-order valence-electron chi connectivity index (χ3n) is 3.67. The molecule has 3 rings (SSSR count). The first kappa shape index (κ1) is 16.5. The number of carboxylic acid groups (broad SMARTS) is 1. The molecule has 130 valence electrons. The smallest absolute Gasteiger partial charge is 0.338 e. The predicted molar refractivity (Wildman–Crippen MR) is 87.9 cm³/mol. The number of aromatic nitrogens is 4. The largest absolute Gasteiger partial charge is 0.497 e. The highest BCUT2D eigenvalue weighted by Gasteiger charge is 2.16. The second-order valence-corrected chi connectivity index (χ2v) is 5.57. The fourth-order valence-corrected chi connectivity index (χ4v) is 2.45. The summed E-state index contributed by atoms with van der Waals surface area (Å²) in [4.78, 5) is 27.5. The van der Waals surface area contributed by atoms with E-state index < -0.39 is 5.97 Å². The first-order valence-electron chi connectivity index (χ1n) is 7.55. The molecule has 0 radical (unpaired) electrons. The van der Waals surface area contributed by atoms with Crippen LogP contribution in [-0.2, 0) is 6.54 Å². The Kier molecular flexibility index (Phi) is 4.38. The number of hydrogen-bond acceptors (Lipinski definition) is 5. The van der Waals surface area contributed by atoms with E-state index in [0.29, 0.717) is 23.6 Å². The molecule has 1 unspecified atom stereocenters. The van der Waals surface area contributed by atoms with Gasteiger partial charge in [-0.25, -0.2) is 9.78 Å². The molecule has 0 bridgehead atoms. The van der Waals surface area contributed by atoms with Crippen LogP contribution in [0.15, 0.2) is 36.9 Å². The molecule has 3 aromatic rings. The van der Waals surface area contributed by atoms with E-state index in [4.69, 9.17) is 9.84 Å². The lowest BCUT2D eigenvalue weighted by Crippen LogP contribution is -2.36. The Morgan fingerprint density at radius 1 is 1.40 bits per heavy atom. The third-order valence-corrected chi connectivity index (χ3v) is 3.67. The van der Waals surface area contributed by atoms with Crippen molar-refractivity contribution in [1.82, 2.24) is 24.5 Å². The number of pyridine rings is 1. The molecule has 2 N–H and O–H groups in total. The van der Waals surface area contributed by atoms with E-state index in [1.54, 1.807) is 29.8 Å². The lowest BCUT2D eigenvalue weighted by atomic mass is 10.3. The van der Waals surface area contributed by atoms with Crippen LogP contribution in [0.4, 0.5) is 0 Å². The minimum absolute atomic E-state index is 0.106. The molecule has 1 amide bonds. The van der Waals surface area contributed by atoms with Crippen molar-refractivity contribution in [2.75, 3.05) is 7.11 Å². The quantitative estimate of drug-likeness (QED) is 0.692. The second kappa shape index (κ2) is 6.63. The van der Waals surface area contributed by atoms with Crippen LogP contribution in [0.5, 0.6) is 5.75 Å². The van der Waals surface area contributed by atoms with E-state index in [9.17, 15) is 9.59 Å². The molecular weight excluding hydrogens is 326 g/mol. The van der Waals surface area contributed by atoms with E-state index in [1.807, 2.05) is 6.92 Å². The molecule has 1 atom stereocenters. The summed E-state index contributed by atoms with van der Waals surface area (Å²) in [5, 5.41) is 15.7.